The minimum Gasteiger partial charge on any atom is -0.352 e. The van der Waals surface area contributed by atoms with Crippen molar-refractivity contribution in [2.45, 2.75) is 32.2 Å². The number of halogens is 1. The Morgan fingerprint density at radius 2 is 2.17 bits per heavy atom. The first kappa shape index (κ1) is 19.0. The Labute approximate surface area is 152 Å². The Morgan fingerprint density at radius 1 is 1.29 bits per heavy atom. The molecular formula is C17H24ClN3O2S. The summed E-state index contributed by atoms with van der Waals surface area (Å²) in [5.74, 6) is 0.0455. The van der Waals surface area contributed by atoms with E-state index >= 15 is 0 Å². The van der Waals surface area contributed by atoms with Crippen molar-refractivity contribution in [1.29, 1.82) is 0 Å². The van der Waals surface area contributed by atoms with Crippen LogP contribution < -0.4 is 10.6 Å². The first-order chi connectivity index (χ1) is 11.2. The lowest BCUT2D eigenvalue weighted by molar-refractivity contribution is -0.134. The Hall–Kier alpha value is -1.37. The molecule has 0 atom stereocenters. The van der Waals surface area contributed by atoms with Gasteiger partial charge >= 0.3 is 0 Å². The minimum absolute atomic E-state index is 0. The predicted octanol–water partition coefficient (Wildman–Crippen LogP) is 1.87. The standard InChI is InChI=1S/C17H23N3O2S.ClH/c21-16(19-11-13-3-7-18-8-4-13)1-2-17(22)20-9-5-15-14(12-20)6-10-23-15;/h3,6,10,18H,1-2,4-5,7-9,11-12H2,(H,19,21);1H. The van der Waals surface area contributed by atoms with Crippen LogP contribution in [0.15, 0.2) is 23.1 Å². The van der Waals surface area contributed by atoms with Gasteiger partial charge in [0.1, 0.15) is 0 Å². The largest absolute Gasteiger partial charge is 0.352 e. The van der Waals surface area contributed by atoms with Gasteiger partial charge in [-0.05, 0) is 36.4 Å². The number of nitrogens with one attached hydrogen (secondary N) is 2. The third-order valence-electron chi connectivity index (χ3n) is 4.40. The Bertz CT molecular complexity index is 615. The Morgan fingerprint density at radius 3 is 2.96 bits per heavy atom. The van der Waals surface area contributed by atoms with Crippen LogP contribution in [0, 0.1) is 0 Å². The molecule has 1 aromatic heterocycles. The van der Waals surface area contributed by atoms with Crippen LogP contribution in [0.25, 0.3) is 0 Å². The van der Waals surface area contributed by atoms with Gasteiger partial charge in [-0.2, -0.15) is 0 Å². The van der Waals surface area contributed by atoms with E-state index in [-0.39, 0.29) is 30.6 Å². The van der Waals surface area contributed by atoms with Crippen molar-refractivity contribution in [3.63, 3.8) is 0 Å². The summed E-state index contributed by atoms with van der Waals surface area (Å²) >= 11 is 1.77. The molecule has 0 fully saturated rings. The van der Waals surface area contributed by atoms with Crippen molar-refractivity contribution in [2.75, 3.05) is 26.2 Å². The lowest BCUT2D eigenvalue weighted by Crippen LogP contribution is -2.36. The third kappa shape index (κ3) is 5.06. The molecule has 0 aromatic carbocycles. The molecule has 24 heavy (non-hydrogen) atoms. The molecule has 3 rings (SSSR count). The van der Waals surface area contributed by atoms with Gasteiger partial charge in [-0.15, -0.1) is 23.7 Å². The average molecular weight is 370 g/mol. The number of fused-ring (bicyclic) bond motifs is 1. The highest BCUT2D eigenvalue weighted by Gasteiger charge is 2.21. The van der Waals surface area contributed by atoms with Gasteiger partial charge in [0, 0.05) is 43.9 Å². The number of rotatable bonds is 5. The van der Waals surface area contributed by atoms with Crippen LogP contribution in [0.1, 0.15) is 29.7 Å². The number of nitrogens with zero attached hydrogens (tertiary/aromatic N) is 1. The van der Waals surface area contributed by atoms with Crippen molar-refractivity contribution in [3.05, 3.63) is 33.5 Å². The fourth-order valence-corrected chi connectivity index (χ4v) is 3.86. The van der Waals surface area contributed by atoms with Gasteiger partial charge in [-0.25, -0.2) is 0 Å². The summed E-state index contributed by atoms with van der Waals surface area (Å²) in [5.41, 5.74) is 2.53. The summed E-state index contributed by atoms with van der Waals surface area (Å²) in [6, 6.07) is 2.10. The zero-order valence-corrected chi connectivity index (χ0v) is 15.3. The predicted molar refractivity (Wildman–Crippen MR) is 98.5 cm³/mol. The van der Waals surface area contributed by atoms with Crippen LogP contribution in [0.4, 0.5) is 0 Å². The van der Waals surface area contributed by atoms with E-state index in [0.29, 0.717) is 19.5 Å². The number of amides is 2. The van der Waals surface area contributed by atoms with E-state index in [1.807, 2.05) is 4.90 Å². The SMILES string of the molecule is Cl.O=C(CCC(=O)N1CCc2sccc2C1)NCC1=CCNCC1. The Balaban J connectivity index is 0.00000208. The quantitative estimate of drug-likeness (QED) is 0.779. The summed E-state index contributed by atoms with van der Waals surface area (Å²) in [5, 5.41) is 8.25. The van der Waals surface area contributed by atoms with E-state index in [2.05, 4.69) is 28.2 Å². The summed E-state index contributed by atoms with van der Waals surface area (Å²) in [6.07, 6.45) is 4.62. The highest BCUT2D eigenvalue weighted by Crippen LogP contribution is 2.24. The molecule has 0 unspecified atom stereocenters. The zero-order chi connectivity index (χ0) is 16.1. The maximum absolute atomic E-state index is 12.3. The van der Waals surface area contributed by atoms with Gasteiger partial charge < -0.3 is 15.5 Å². The van der Waals surface area contributed by atoms with Crippen molar-refractivity contribution in [1.82, 2.24) is 15.5 Å². The van der Waals surface area contributed by atoms with Crippen LogP contribution in [0.2, 0.25) is 0 Å². The fourth-order valence-electron chi connectivity index (χ4n) is 2.97. The number of carbonyl (C=O) groups excluding carboxylic acids is 2. The van der Waals surface area contributed by atoms with E-state index in [1.165, 1.54) is 16.0 Å². The van der Waals surface area contributed by atoms with Gasteiger partial charge in [0.05, 0.1) is 0 Å². The Kier molecular flexibility index (Phi) is 7.27. The summed E-state index contributed by atoms with van der Waals surface area (Å²) in [7, 11) is 0. The molecule has 0 aliphatic carbocycles. The number of hydrogen-bond acceptors (Lipinski definition) is 4. The second-order valence-electron chi connectivity index (χ2n) is 6.03. The highest BCUT2D eigenvalue weighted by molar-refractivity contribution is 7.10. The van der Waals surface area contributed by atoms with Gasteiger partial charge in [0.25, 0.3) is 0 Å². The van der Waals surface area contributed by atoms with Gasteiger partial charge in [0.15, 0.2) is 0 Å². The molecule has 1 aromatic rings. The van der Waals surface area contributed by atoms with Crippen molar-refractivity contribution in [2.24, 2.45) is 0 Å². The van der Waals surface area contributed by atoms with E-state index in [0.717, 1.165) is 32.5 Å². The molecule has 2 aliphatic rings. The maximum Gasteiger partial charge on any atom is 0.223 e. The van der Waals surface area contributed by atoms with E-state index < -0.39 is 0 Å². The van der Waals surface area contributed by atoms with Crippen LogP contribution in [0.3, 0.4) is 0 Å². The average Bonchev–Trinajstić information content (AvgIpc) is 3.06. The molecule has 0 saturated carbocycles. The molecule has 2 amide bonds. The van der Waals surface area contributed by atoms with Crippen LogP contribution in [0.5, 0.6) is 0 Å². The maximum atomic E-state index is 12.3. The normalized spacial score (nSPS) is 16.7. The second kappa shape index (κ2) is 9.20. The van der Waals surface area contributed by atoms with Crippen molar-refractivity contribution < 1.29 is 9.59 Å². The monoisotopic (exact) mass is 369 g/mol. The molecule has 2 N–H and O–H groups in total. The molecule has 7 heteroatoms. The van der Waals surface area contributed by atoms with E-state index in [1.54, 1.807) is 11.3 Å². The third-order valence-corrected chi connectivity index (χ3v) is 5.42. The number of carbonyl (C=O) groups is 2. The van der Waals surface area contributed by atoms with Crippen LogP contribution in [-0.4, -0.2) is 42.9 Å². The van der Waals surface area contributed by atoms with E-state index in [4.69, 9.17) is 0 Å². The summed E-state index contributed by atoms with van der Waals surface area (Å²) in [6.45, 7) is 3.92. The first-order valence-electron chi connectivity index (χ1n) is 8.21. The highest BCUT2D eigenvalue weighted by atomic mass is 35.5. The molecule has 132 valence electrons. The molecule has 3 heterocycles. The van der Waals surface area contributed by atoms with Gasteiger partial charge in [-0.1, -0.05) is 11.6 Å². The molecule has 2 aliphatic heterocycles. The van der Waals surface area contributed by atoms with Crippen LogP contribution in [-0.2, 0) is 22.6 Å². The molecule has 0 bridgehead atoms. The van der Waals surface area contributed by atoms with Crippen molar-refractivity contribution in [3.8, 4) is 0 Å². The van der Waals surface area contributed by atoms with Crippen LogP contribution >= 0.6 is 23.7 Å². The molecular weight excluding hydrogens is 346 g/mol. The van der Waals surface area contributed by atoms with E-state index in [9.17, 15) is 9.59 Å². The molecule has 0 saturated heterocycles. The lowest BCUT2D eigenvalue weighted by atomic mass is 10.1. The first-order valence-corrected chi connectivity index (χ1v) is 9.08. The molecule has 0 radical (unpaired) electrons. The minimum atomic E-state index is -0.0361. The fraction of sp³-hybridized carbons (Fsp3) is 0.529. The number of hydrogen-bond donors (Lipinski definition) is 2. The van der Waals surface area contributed by atoms with Gasteiger partial charge in [0.2, 0.25) is 11.8 Å². The molecule has 0 spiro atoms. The summed E-state index contributed by atoms with van der Waals surface area (Å²) in [4.78, 5) is 27.4. The van der Waals surface area contributed by atoms with Crippen molar-refractivity contribution >= 4 is 35.6 Å². The topological polar surface area (TPSA) is 61.4 Å². The lowest BCUT2D eigenvalue weighted by Gasteiger charge is -2.27. The van der Waals surface area contributed by atoms with Gasteiger partial charge in [-0.3, -0.25) is 9.59 Å². The molecule has 5 nitrogen and oxygen atoms in total. The number of thiophene rings is 1. The second-order valence-corrected chi connectivity index (χ2v) is 7.03. The summed E-state index contributed by atoms with van der Waals surface area (Å²) < 4.78 is 0. The zero-order valence-electron chi connectivity index (χ0n) is 13.7. The smallest absolute Gasteiger partial charge is 0.223 e.